The van der Waals surface area contributed by atoms with E-state index in [-0.39, 0.29) is 31.7 Å². The molecule has 0 N–H and O–H groups in total. The lowest BCUT2D eigenvalue weighted by atomic mass is 10.00. The molecule has 0 aromatic rings. The second-order valence-electron chi connectivity index (χ2n) is 4.94. The normalized spacial score (nSPS) is 11.8. The van der Waals surface area contributed by atoms with Crippen LogP contribution in [0.15, 0.2) is 12.2 Å². The first-order valence-corrected chi connectivity index (χ1v) is 7.59. The Morgan fingerprint density at radius 3 is 2.19 bits per heavy atom. The van der Waals surface area contributed by atoms with Gasteiger partial charge in [-0.3, -0.25) is 4.79 Å². The average Bonchev–Trinajstić information content (AvgIpc) is 2.46. The third-order valence-corrected chi connectivity index (χ3v) is 3.01. The minimum absolute atomic E-state index is 0.0125. The van der Waals surface area contributed by atoms with E-state index in [1.54, 1.807) is 6.92 Å². The molecule has 0 bridgehead atoms. The van der Waals surface area contributed by atoms with Crippen molar-refractivity contribution in [3.63, 3.8) is 0 Å². The molecule has 5 nitrogen and oxygen atoms in total. The van der Waals surface area contributed by atoms with E-state index in [4.69, 9.17) is 14.2 Å². The molecule has 0 aromatic heterocycles. The summed E-state index contributed by atoms with van der Waals surface area (Å²) in [6.07, 6.45) is 3.80. The molecule has 0 radical (unpaired) electrons. The Morgan fingerprint density at radius 2 is 1.67 bits per heavy atom. The average molecular weight is 300 g/mol. The van der Waals surface area contributed by atoms with Crippen LogP contribution in [0.5, 0.6) is 0 Å². The summed E-state index contributed by atoms with van der Waals surface area (Å²) in [5.41, 5.74) is 0.363. The summed E-state index contributed by atoms with van der Waals surface area (Å²) in [5, 5.41) is 0. The first kappa shape index (κ1) is 19.6. The van der Waals surface area contributed by atoms with Crippen LogP contribution in [0.3, 0.4) is 0 Å². The highest BCUT2D eigenvalue weighted by molar-refractivity contribution is 5.86. The molecule has 1 unspecified atom stereocenters. The Bertz CT molecular complexity index is 325. The Balaban J connectivity index is 3.59. The van der Waals surface area contributed by atoms with Gasteiger partial charge < -0.3 is 14.2 Å². The summed E-state index contributed by atoms with van der Waals surface area (Å²) >= 11 is 0. The summed E-state index contributed by atoms with van der Waals surface area (Å²) < 4.78 is 15.3. The van der Waals surface area contributed by atoms with Gasteiger partial charge in [0.05, 0.1) is 19.1 Å². The number of ether oxygens (including phenoxy) is 3. The van der Waals surface area contributed by atoms with Crippen LogP contribution in [-0.2, 0) is 23.8 Å². The molecule has 0 saturated heterocycles. The van der Waals surface area contributed by atoms with E-state index in [9.17, 15) is 9.59 Å². The summed E-state index contributed by atoms with van der Waals surface area (Å²) in [5.74, 6) is -0.587. The maximum Gasteiger partial charge on any atom is 0.333 e. The van der Waals surface area contributed by atoms with Crippen LogP contribution in [0, 0.1) is 5.92 Å². The van der Waals surface area contributed by atoms with Crippen LogP contribution in [0.25, 0.3) is 0 Å². The summed E-state index contributed by atoms with van der Waals surface area (Å²) in [6, 6.07) is 0. The predicted octanol–water partition coefficient (Wildman–Crippen LogP) is 2.88. The van der Waals surface area contributed by atoms with Crippen molar-refractivity contribution in [2.45, 2.75) is 46.5 Å². The molecule has 0 aromatic carbocycles. The number of esters is 2. The topological polar surface area (TPSA) is 61.8 Å². The minimum atomic E-state index is -0.424. The summed E-state index contributed by atoms with van der Waals surface area (Å²) in [4.78, 5) is 22.8. The van der Waals surface area contributed by atoms with Crippen LogP contribution in [-0.4, -0.2) is 38.4 Å². The smallest absolute Gasteiger partial charge is 0.333 e. The molecule has 122 valence electrons. The van der Waals surface area contributed by atoms with Crippen LogP contribution in [0.1, 0.15) is 46.5 Å². The highest BCUT2D eigenvalue weighted by atomic mass is 16.6. The molecule has 0 fully saturated rings. The third-order valence-electron chi connectivity index (χ3n) is 3.01. The van der Waals surface area contributed by atoms with Crippen LogP contribution < -0.4 is 0 Å². The zero-order valence-corrected chi connectivity index (χ0v) is 13.5. The highest BCUT2D eigenvalue weighted by Gasteiger charge is 2.16. The van der Waals surface area contributed by atoms with Gasteiger partial charge in [0, 0.05) is 5.57 Å². The molecule has 0 aliphatic rings. The van der Waals surface area contributed by atoms with E-state index in [2.05, 4.69) is 13.5 Å². The van der Waals surface area contributed by atoms with E-state index in [0.29, 0.717) is 12.2 Å². The second-order valence-corrected chi connectivity index (χ2v) is 4.94. The quantitative estimate of drug-likeness (QED) is 0.315. The fourth-order valence-corrected chi connectivity index (χ4v) is 1.68. The van der Waals surface area contributed by atoms with E-state index < -0.39 is 5.97 Å². The van der Waals surface area contributed by atoms with Gasteiger partial charge in [-0.1, -0.05) is 33.3 Å². The molecule has 0 saturated carbocycles. The molecule has 21 heavy (non-hydrogen) atoms. The number of carbonyl (C=O) groups is 2. The van der Waals surface area contributed by atoms with Crippen LogP contribution in [0.4, 0.5) is 0 Å². The van der Waals surface area contributed by atoms with Crippen molar-refractivity contribution in [3.8, 4) is 0 Å². The lowest BCUT2D eigenvalue weighted by Crippen LogP contribution is -2.20. The van der Waals surface area contributed by atoms with Gasteiger partial charge >= 0.3 is 11.9 Å². The number of carbonyl (C=O) groups excluding carboxylic acids is 2. The van der Waals surface area contributed by atoms with Crippen molar-refractivity contribution in [1.29, 1.82) is 0 Å². The first-order chi connectivity index (χ1) is 10.0. The first-order valence-electron chi connectivity index (χ1n) is 7.59. The fraction of sp³-hybridized carbons (Fsp3) is 0.750. The van der Waals surface area contributed by atoms with Crippen molar-refractivity contribution in [2.75, 3.05) is 26.4 Å². The van der Waals surface area contributed by atoms with Gasteiger partial charge in [-0.05, 0) is 19.8 Å². The van der Waals surface area contributed by atoms with Gasteiger partial charge in [-0.2, -0.15) is 0 Å². The molecule has 0 aliphatic carbocycles. The number of hydrogen-bond acceptors (Lipinski definition) is 5. The Labute approximate surface area is 127 Å². The summed E-state index contributed by atoms with van der Waals surface area (Å²) in [6.45, 7) is 10.2. The van der Waals surface area contributed by atoms with Gasteiger partial charge in [0.25, 0.3) is 0 Å². The molecule has 1 atom stereocenters. The Kier molecular flexibility index (Phi) is 11.6. The molecule has 0 rings (SSSR count). The lowest BCUT2D eigenvalue weighted by molar-refractivity contribution is -0.150. The number of hydrogen-bond donors (Lipinski definition) is 0. The zero-order chi connectivity index (χ0) is 16.1. The molecule has 0 aliphatic heterocycles. The van der Waals surface area contributed by atoms with Gasteiger partial charge in [-0.25, -0.2) is 4.79 Å². The van der Waals surface area contributed by atoms with Crippen molar-refractivity contribution in [1.82, 2.24) is 0 Å². The largest absolute Gasteiger partial charge is 0.463 e. The maximum atomic E-state index is 11.8. The zero-order valence-electron chi connectivity index (χ0n) is 13.5. The molecular weight excluding hydrogens is 272 g/mol. The molecule has 0 heterocycles. The molecule has 5 heteroatoms. The molecular formula is C16H28O5. The van der Waals surface area contributed by atoms with Gasteiger partial charge in [0.1, 0.15) is 13.2 Å². The third kappa shape index (κ3) is 10.1. The predicted molar refractivity (Wildman–Crippen MR) is 80.9 cm³/mol. The van der Waals surface area contributed by atoms with Gasteiger partial charge in [-0.15, -0.1) is 0 Å². The fourth-order valence-electron chi connectivity index (χ4n) is 1.68. The molecule has 0 spiro atoms. The number of unbranched alkanes of at least 4 members (excludes halogenated alkanes) is 1. The van der Waals surface area contributed by atoms with Crippen LogP contribution in [0.2, 0.25) is 0 Å². The van der Waals surface area contributed by atoms with E-state index >= 15 is 0 Å². The lowest BCUT2D eigenvalue weighted by Gasteiger charge is -2.13. The van der Waals surface area contributed by atoms with Gasteiger partial charge in [0.2, 0.25) is 0 Å². The highest BCUT2D eigenvalue weighted by Crippen LogP contribution is 2.14. The van der Waals surface area contributed by atoms with E-state index in [0.717, 1.165) is 25.7 Å². The van der Waals surface area contributed by atoms with E-state index in [1.165, 1.54) is 0 Å². The minimum Gasteiger partial charge on any atom is -0.463 e. The Morgan fingerprint density at radius 1 is 1.05 bits per heavy atom. The number of rotatable bonds is 12. The van der Waals surface area contributed by atoms with Crippen molar-refractivity contribution < 1.29 is 23.8 Å². The second kappa shape index (κ2) is 12.4. The molecule has 0 amide bonds. The van der Waals surface area contributed by atoms with Crippen LogP contribution >= 0.6 is 0 Å². The maximum absolute atomic E-state index is 11.8. The van der Waals surface area contributed by atoms with E-state index in [1.807, 2.05) is 6.92 Å². The van der Waals surface area contributed by atoms with Crippen molar-refractivity contribution in [2.24, 2.45) is 5.92 Å². The SMILES string of the molecule is C=C(C)C(=O)OCCOCCOC(=O)C(CC)CCCC. The van der Waals surface area contributed by atoms with Gasteiger partial charge in [0.15, 0.2) is 0 Å². The van der Waals surface area contributed by atoms with Crippen molar-refractivity contribution in [3.05, 3.63) is 12.2 Å². The standard InChI is InChI=1S/C16H28O5/c1-5-7-8-14(6-2)16(18)21-12-10-19-9-11-20-15(17)13(3)4/h14H,3,5-12H2,1-2,4H3. The monoisotopic (exact) mass is 300 g/mol. The van der Waals surface area contributed by atoms with Crippen molar-refractivity contribution >= 4 is 11.9 Å². The Hall–Kier alpha value is -1.36. The summed E-state index contributed by atoms with van der Waals surface area (Å²) in [7, 11) is 0.